The number of likely N-dealkylation sites (tertiary alicyclic amines) is 1. The van der Waals surface area contributed by atoms with Crippen LogP contribution >= 0.6 is 0 Å². The van der Waals surface area contributed by atoms with Crippen molar-refractivity contribution in [3.05, 3.63) is 36.2 Å². The quantitative estimate of drug-likeness (QED) is 0.779. The first-order chi connectivity index (χ1) is 11.0. The Labute approximate surface area is 136 Å². The monoisotopic (exact) mass is 342 g/mol. The fourth-order valence-electron chi connectivity index (χ4n) is 2.46. The van der Waals surface area contributed by atoms with E-state index in [-0.39, 0.29) is 23.8 Å². The molecule has 1 saturated heterocycles. The van der Waals surface area contributed by atoms with Gasteiger partial charge < -0.3 is 15.4 Å². The Morgan fingerprint density at radius 2 is 1.91 bits per heavy atom. The third kappa shape index (κ3) is 5.60. The van der Waals surface area contributed by atoms with Crippen LogP contribution in [0.1, 0.15) is 12.8 Å². The number of benzene rings is 1. The molecular weight excluding hydrogens is 319 g/mol. The Morgan fingerprint density at radius 1 is 1.26 bits per heavy atom. The minimum absolute atomic E-state index is 0.112. The van der Waals surface area contributed by atoms with E-state index in [1.807, 2.05) is 0 Å². The maximum absolute atomic E-state index is 13.2. The Hall–Kier alpha value is -1.44. The third-order valence-electron chi connectivity index (χ3n) is 3.77. The van der Waals surface area contributed by atoms with Crippen LogP contribution in [0.5, 0.6) is 5.75 Å². The molecule has 0 radical (unpaired) electrons. The van der Waals surface area contributed by atoms with Crippen LogP contribution in [0.2, 0.25) is 0 Å². The Morgan fingerprint density at radius 3 is 2.52 bits per heavy atom. The minimum Gasteiger partial charge on any atom is -0.487 e. The third-order valence-corrected chi connectivity index (χ3v) is 5.48. The molecule has 1 aliphatic rings. The van der Waals surface area contributed by atoms with Crippen LogP contribution in [0.15, 0.2) is 41.1 Å². The molecule has 0 unspecified atom stereocenters. The predicted molar refractivity (Wildman–Crippen MR) is 87.9 cm³/mol. The van der Waals surface area contributed by atoms with Gasteiger partial charge in [-0.3, -0.25) is 0 Å². The van der Waals surface area contributed by atoms with E-state index in [9.17, 15) is 12.8 Å². The van der Waals surface area contributed by atoms with Crippen molar-refractivity contribution >= 4 is 9.84 Å². The minimum atomic E-state index is -3.30. The van der Waals surface area contributed by atoms with Crippen LogP contribution in [0, 0.1) is 0 Å². The van der Waals surface area contributed by atoms with E-state index in [1.165, 1.54) is 18.2 Å². The molecule has 2 N–H and O–H groups in total. The van der Waals surface area contributed by atoms with Crippen molar-refractivity contribution < 1.29 is 17.5 Å². The highest BCUT2D eigenvalue weighted by Gasteiger charge is 2.18. The summed E-state index contributed by atoms with van der Waals surface area (Å²) < 4.78 is 43.0. The lowest BCUT2D eigenvalue weighted by Gasteiger charge is -2.14. The standard InChI is InChI=1S/C16H23FN2O3S/c17-14(7-8-18)13-22-15-3-5-16(6-4-15)23(20,21)12-11-19-9-1-2-10-19/h3-7H,1-2,8-13,18H2. The van der Waals surface area contributed by atoms with Crippen molar-refractivity contribution in [3.8, 4) is 5.75 Å². The molecule has 0 aliphatic carbocycles. The number of rotatable bonds is 8. The van der Waals surface area contributed by atoms with Crippen molar-refractivity contribution in [1.82, 2.24) is 4.90 Å². The Bertz CT molecular complexity index is 623. The van der Waals surface area contributed by atoms with Gasteiger partial charge in [0.05, 0.1) is 10.6 Å². The molecule has 23 heavy (non-hydrogen) atoms. The molecule has 0 amide bonds. The van der Waals surface area contributed by atoms with Crippen LogP contribution in [-0.4, -0.2) is 51.9 Å². The van der Waals surface area contributed by atoms with E-state index in [0.29, 0.717) is 12.3 Å². The molecule has 5 nitrogen and oxygen atoms in total. The molecule has 0 spiro atoms. The number of hydrogen-bond donors (Lipinski definition) is 1. The van der Waals surface area contributed by atoms with Crippen LogP contribution in [0.25, 0.3) is 0 Å². The summed E-state index contributed by atoms with van der Waals surface area (Å²) in [5, 5.41) is 0. The van der Waals surface area contributed by atoms with Gasteiger partial charge in [0.2, 0.25) is 0 Å². The van der Waals surface area contributed by atoms with Gasteiger partial charge in [0.25, 0.3) is 0 Å². The lowest BCUT2D eigenvalue weighted by atomic mass is 10.3. The number of halogens is 1. The largest absolute Gasteiger partial charge is 0.487 e. The van der Waals surface area contributed by atoms with Crippen molar-refractivity contribution in [3.63, 3.8) is 0 Å². The first-order valence-electron chi connectivity index (χ1n) is 7.74. The zero-order chi connectivity index (χ0) is 16.7. The molecule has 1 fully saturated rings. The van der Waals surface area contributed by atoms with E-state index in [4.69, 9.17) is 10.5 Å². The molecule has 0 saturated carbocycles. The highest BCUT2D eigenvalue weighted by atomic mass is 32.2. The van der Waals surface area contributed by atoms with Crippen molar-refractivity contribution in [2.45, 2.75) is 17.7 Å². The predicted octanol–water partition coefficient (Wildman–Crippen LogP) is 1.75. The maximum Gasteiger partial charge on any atom is 0.179 e. The van der Waals surface area contributed by atoms with Gasteiger partial charge >= 0.3 is 0 Å². The molecule has 1 aromatic rings. The van der Waals surface area contributed by atoms with Gasteiger partial charge in [-0.1, -0.05) is 0 Å². The fraction of sp³-hybridized carbons (Fsp3) is 0.500. The average molecular weight is 342 g/mol. The van der Waals surface area contributed by atoms with Crippen molar-refractivity contribution in [1.29, 1.82) is 0 Å². The number of nitrogens with zero attached hydrogens (tertiary/aromatic N) is 1. The lowest BCUT2D eigenvalue weighted by Crippen LogP contribution is -2.26. The summed E-state index contributed by atoms with van der Waals surface area (Å²) in [5.41, 5.74) is 5.20. The highest BCUT2D eigenvalue weighted by Crippen LogP contribution is 2.18. The summed E-state index contributed by atoms with van der Waals surface area (Å²) >= 11 is 0. The second-order valence-electron chi connectivity index (χ2n) is 5.51. The maximum atomic E-state index is 13.2. The normalized spacial score (nSPS) is 16.7. The second-order valence-corrected chi connectivity index (χ2v) is 7.62. The second kappa shape index (κ2) is 8.42. The number of nitrogens with two attached hydrogens (primary N) is 1. The Balaban J connectivity index is 1.90. The number of hydrogen-bond acceptors (Lipinski definition) is 5. The molecule has 2 rings (SSSR count). The number of sulfone groups is 1. The van der Waals surface area contributed by atoms with Crippen LogP contribution in [0.4, 0.5) is 4.39 Å². The number of ether oxygens (including phenoxy) is 1. The van der Waals surface area contributed by atoms with Crippen molar-refractivity contribution in [2.75, 3.05) is 38.5 Å². The SMILES string of the molecule is NCC=C(F)COc1ccc(S(=O)(=O)CCN2CCCC2)cc1. The van der Waals surface area contributed by atoms with E-state index >= 15 is 0 Å². The van der Waals surface area contributed by atoms with Crippen molar-refractivity contribution in [2.24, 2.45) is 5.73 Å². The summed E-state index contributed by atoms with van der Waals surface area (Å²) in [6, 6.07) is 6.08. The van der Waals surface area contributed by atoms with E-state index < -0.39 is 15.7 Å². The lowest BCUT2D eigenvalue weighted by molar-refractivity contribution is 0.318. The van der Waals surface area contributed by atoms with Crippen LogP contribution < -0.4 is 10.5 Å². The molecule has 0 aromatic heterocycles. The first kappa shape index (κ1) is 17.9. The molecule has 7 heteroatoms. The summed E-state index contributed by atoms with van der Waals surface area (Å²) in [6.07, 6.45) is 3.51. The molecule has 0 bridgehead atoms. The fourth-order valence-corrected chi connectivity index (χ4v) is 3.74. The average Bonchev–Trinajstić information content (AvgIpc) is 3.05. The van der Waals surface area contributed by atoms with E-state index in [1.54, 1.807) is 12.1 Å². The van der Waals surface area contributed by atoms with Gasteiger partial charge in [0.1, 0.15) is 18.2 Å². The molecule has 128 valence electrons. The zero-order valence-electron chi connectivity index (χ0n) is 13.1. The molecule has 1 aliphatic heterocycles. The van der Waals surface area contributed by atoms with Gasteiger partial charge in [0.15, 0.2) is 9.84 Å². The molecule has 1 heterocycles. The highest BCUT2D eigenvalue weighted by molar-refractivity contribution is 7.91. The summed E-state index contributed by atoms with van der Waals surface area (Å²) in [7, 11) is -3.30. The molecular formula is C16H23FN2O3S. The van der Waals surface area contributed by atoms with E-state index in [2.05, 4.69) is 4.90 Å². The van der Waals surface area contributed by atoms with E-state index in [0.717, 1.165) is 25.9 Å². The molecule has 1 aromatic carbocycles. The van der Waals surface area contributed by atoms with Crippen LogP contribution in [-0.2, 0) is 9.84 Å². The summed E-state index contributed by atoms with van der Waals surface area (Å²) in [5.74, 6) is 0.0834. The topological polar surface area (TPSA) is 72.6 Å². The zero-order valence-corrected chi connectivity index (χ0v) is 13.9. The van der Waals surface area contributed by atoms with Gasteiger partial charge in [-0.25, -0.2) is 12.8 Å². The summed E-state index contributed by atoms with van der Waals surface area (Å²) in [6.45, 7) is 2.42. The summed E-state index contributed by atoms with van der Waals surface area (Å²) in [4.78, 5) is 2.43. The first-order valence-corrected chi connectivity index (χ1v) is 9.39. The van der Waals surface area contributed by atoms with Crippen LogP contribution in [0.3, 0.4) is 0 Å². The Kier molecular flexibility index (Phi) is 6.56. The van der Waals surface area contributed by atoms with Gasteiger partial charge in [-0.15, -0.1) is 0 Å². The van der Waals surface area contributed by atoms with Gasteiger partial charge in [0, 0.05) is 13.1 Å². The molecule has 0 atom stereocenters. The van der Waals surface area contributed by atoms with Gasteiger partial charge in [-0.2, -0.15) is 0 Å². The smallest absolute Gasteiger partial charge is 0.179 e. The van der Waals surface area contributed by atoms with Gasteiger partial charge in [-0.05, 0) is 56.3 Å².